The minimum atomic E-state index is -3.19. The van der Waals surface area contributed by atoms with Crippen molar-refractivity contribution in [3.63, 3.8) is 0 Å². The number of methoxy groups -OCH3 is 1. The van der Waals surface area contributed by atoms with Gasteiger partial charge in [-0.3, -0.25) is 4.79 Å². The average Bonchev–Trinajstić information content (AvgIpc) is 2.88. The summed E-state index contributed by atoms with van der Waals surface area (Å²) >= 11 is 6.09. The molecule has 0 bridgehead atoms. The molecule has 0 spiro atoms. The highest BCUT2D eigenvalue weighted by Gasteiger charge is 2.39. The van der Waals surface area contributed by atoms with Crippen molar-refractivity contribution in [2.75, 3.05) is 18.6 Å². The summed E-state index contributed by atoms with van der Waals surface area (Å²) in [5.74, 6) is -1.04. The van der Waals surface area contributed by atoms with Crippen molar-refractivity contribution in [3.8, 4) is 0 Å². The molecule has 0 aromatic heterocycles. The van der Waals surface area contributed by atoms with E-state index in [-0.39, 0.29) is 23.8 Å². The molecule has 2 atom stereocenters. The lowest BCUT2D eigenvalue weighted by atomic mass is 10.1. The molecule has 0 radical (unpaired) electrons. The molecule has 1 aromatic carbocycles. The monoisotopic (exact) mass is 373 g/mol. The Balaban J connectivity index is 2.26. The summed E-state index contributed by atoms with van der Waals surface area (Å²) in [6.45, 7) is 1.54. The van der Waals surface area contributed by atoms with E-state index in [1.54, 1.807) is 31.2 Å². The van der Waals surface area contributed by atoms with Crippen LogP contribution in [-0.4, -0.2) is 55.9 Å². The summed E-state index contributed by atoms with van der Waals surface area (Å²) in [4.78, 5) is 26.0. The predicted molar refractivity (Wildman–Crippen MR) is 90.5 cm³/mol. The Morgan fingerprint density at radius 2 is 2.04 bits per heavy atom. The van der Waals surface area contributed by atoms with Crippen molar-refractivity contribution in [1.29, 1.82) is 0 Å². The van der Waals surface area contributed by atoms with Crippen molar-refractivity contribution in [2.24, 2.45) is 0 Å². The largest absolute Gasteiger partial charge is 0.467 e. The van der Waals surface area contributed by atoms with Crippen molar-refractivity contribution in [2.45, 2.75) is 31.8 Å². The molecule has 1 aliphatic heterocycles. The number of benzene rings is 1. The third kappa shape index (κ3) is 4.27. The normalized spacial score (nSPS) is 20.4. The number of sulfone groups is 1. The number of nitrogens with zero attached hydrogens (tertiary/aromatic N) is 1. The fourth-order valence-electron chi connectivity index (χ4n) is 2.91. The third-order valence-corrected chi connectivity index (χ3v) is 6.27. The van der Waals surface area contributed by atoms with Crippen LogP contribution >= 0.6 is 11.6 Å². The van der Waals surface area contributed by atoms with Crippen molar-refractivity contribution in [1.82, 2.24) is 4.90 Å². The van der Waals surface area contributed by atoms with Gasteiger partial charge in [0.2, 0.25) is 5.91 Å². The van der Waals surface area contributed by atoms with Gasteiger partial charge in [-0.2, -0.15) is 0 Å². The van der Waals surface area contributed by atoms with Gasteiger partial charge < -0.3 is 9.64 Å². The highest BCUT2D eigenvalue weighted by molar-refractivity contribution is 7.91. The summed E-state index contributed by atoms with van der Waals surface area (Å²) in [5.41, 5.74) is 0.632. The molecule has 1 fully saturated rings. The van der Waals surface area contributed by atoms with Gasteiger partial charge in [-0.1, -0.05) is 29.8 Å². The SMILES string of the molecule is COC(=O)[C@@H](C)N(C(=O)Cc1ccccc1Cl)[C@H]1CCS(=O)(=O)C1. The summed E-state index contributed by atoms with van der Waals surface area (Å²) in [7, 11) is -1.96. The van der Waals surface area contributed by atoms with E-state index in [0.717, 1.165) is 0 Å². The zero-order valence-corrected chi connectivity index (χ0v) is 15.1. The van der Waals surface area contributed by atoms with Crippen LogP contribution < -0.4 is 0 Å². The van der Waals surface area contributed by atoms with E-state index < -0.39 is 27.9 Å². The van der Waals surface area contributed by atoms with E-state index >= 15 is 0 Å². The van der Waals surface area contributed by atoms with E-state index in [0.29, 0.717) is 17.0 Å². The Hall–Kier alpha value is -1.60. The Labute approximate surface area is 146 Å². The van der Waals surface area contributed by atoms with Crippen molar-refractivity contribution >= 4 is 33.3 Å². The molecule has 1 aromatic rings. The number of halogens is 1. The van der Waals surface area contributed by atoms with Gasteiger partial charge in [0.05, 0.1) is 25.0 Å². The molecule has 0 unspecified atom stereocenters. The first-order valence-corrected chi connectivity index (χ1v) is 9.78. The van der Waals surface area contributed by atoms with Crippen LogP contribution in [0.2, 0.25) is 5.02 Å². The number of rotatable bonds is 5. The molecule has 1 saturated heterocycles. The van der Waals surface area contributed by atoms with Crippen LogP contribution in [0.5, 0.6) is 0 Å². The molecule has 0 aliphatic carbocycles. The number of hydrogen-bond acceptors (Lipinski definition) is 5. The summed E-state index contributed by atoms with van der Waals surface area (Å²) < 4.78 is 28.3. The maximum absolute atomic E-state index is 12.8. The van der Waals surface area contributed by atoms with Gasteiger partial charge in [0, 0.05) is 11.1 Å². The average molecular weight is 374 g/mol. The zero-order chi connectivity index (χ0) is 17.9. The first-order chi connectivity index (χ1) is 11.2. The number of carbonyl (C=O) groups is 2. The first-order valence-electron chi connectivity index (χ1n) is 7.58. The second kappa shape index (κ2) is 7.53. The Morgan fingerprint density at radius 1 is 1.38 bits per heavy atom. The Bertz CT molecular complexity index is 734. The molecular weight excluding hydrogens is 354 g/mol. The van der Waals surface area contributed by atoms with Gasteiger partial charge in [-0.05, 0) is 25.0 Å². The van der Waals surface area contributed by atoms with Gasteiger partial charge in [0.15, 0.2) is 9.84 Å². The molecule has 24 heavy (non-hydrogen) atoms. The van der Waals surface area contributed by atoms with Crippen molar-refractivity contribution < 1.29 is 22.7 Å². The van der Waals surface area contributed by atoms with Crippen LogP contribution in [0.25, 0.3) is 0 Å². The van der Waals surface area contributed by atoms with Crippen LogP contribution in [0.15, 0.2) is 24.3 Å². The molecule has 1 aliphatic rings. The van der Waals surface area contributed by atoms with Gasteiger partial charge in [-0.25, -0.2) is 13.2 Å². The van der Waals surface area contributed by atoms with Gasteiger partial charge >= 0.3 is 5.97 Å². The minimum absolute atomic E-state index is 0.00243. The number of hydrogen-bond donors (Lipinski definition) is 0. The fourth-order valence-corrected chi connectivity index (χ4v) is 4.82. The van der Waals surface area contributed by atoms with Crippen LogP contribution in [0.4, 0.5) is 0 Å². The maximum atomic E-state index is 12.8. The summed E-state index contributed by atoms with van der Waals surface area (Å²) in [5, 5.41) is 0.454. The van der Waals surface area contributed by atoms with Gasteiger partial charge in [0.1, 0.15) is 6.04 Å². The number of ether oxygens (including phenoxy) is 1. The lowest BCUT2D eigenvalue weighted by molar-refractivity contribution is -0.153. The maximum Gasteiger partial charge on any atom is 0.328 e. The smallest absolute Gasteiger partial charge is 0.328 e. The molecule has 6 nitrogen and oxygen atoms in total. The van der Waals surface area contributed by atoms with E-state index in [4.69, 9.17) is 16.3 Å². The standard InChI is InChI=1S/C16H20ClNO5S/c1-11(16(20)23-2)18(13-7-8-24(21,22)10-13)15(19)9-12-5-3-4-6-14(12)17/h3-6,11,13H,7-10H2,1-2H3/t11-,13+/m1/s1. The predicted octanol–water partition coefficient (Wildman–Crippen LogP) is 1.46. The van der Waals surface area contributed by atoms with Gasteiger partial charge in [-0.15, -0.1) is 0 Å². The van der Waals surface area contributed by atoms with E-state index in [1.807, 2.05) is 0 Å². The Kier molecular flexibility index (Phi) is 5.87. The summed E-state index contributed by atoms with van der Waals surface area (Å²) in [6, 6.07) is 5.55. The highest BCUT2D eigenvalue weighted by Crippen LogP contribution is 2.23. The molecule has 1 amide bonds. The second-order valence-electron chi connectivity index (χ2n) is 5.83. The molecule has 0 N–H and O–H groups in total. The minimum Gasteiger partial charge on any atom is -0.467 e. The zero-order valence-electron chi connectivity index (χ0n) is 13.6. The summed E-state index contributed by atoms with van der Waals surface area (Å²) in [6.07, 6.45) is 0.315. The number of carbonyl (C=O) groups excluding carboxylic acids is 2. The van der Waals surface area contributed by atoms with Gasteiger partial charge in [0.25, 0.3) is 0 Å². The van der Waals surface area contributed by atoms with Crippen LogP contribution in [0.1, 0.15) is 18.9 Å². The van der Waals surface area contributed by atoms with E-state index in [9.17, 15) is 18.0 Å². The lowest BCUT2D eigenvalue weighted by Gasteiger charge is -2.32. The topological polar surface area (TPSA) is 80.8 Å². The third-order valence-electron chi connectivity index (χ3n) is 4.15. The molecular formula is C16H20ClNO5S. The molecule has 1 heterocycles. The molecule has 2 rings (SSSR count). The van der Waals surface area contributed by atoms with Crippen LogP contribution in [-0.2, 0) is 30.6 Å². The fraction of sp³-hybridized carbons (Fsp3) is 0.500. The number of esters is 1. The highest BCUT2D eigenvalue weighted by atomic mass is 35.5. The molecule has 8 heteroatoms. The van der Waals surface area contributed by atoms with Crippen LogP contribution in [0, 0.1) is 0 Å². The quantitative estimate of drug-likeness (QED) is 0.730. The molecule has 132 valence electrons. The van der Waals surface area contributed by atoms with Crippen molar-refractivity contribution in [3.05, 3.63) is 34.9 Å². The van der Waals surface area contributed by atoms with Crippen LogP contribution in [0.3, 0.4) is 0 Å². The number of amides is 1. The Morgan fingerprint density at radius 3 is 2.58 bits per heavy atom. The van der Waals surface area contributed by atoms with E-state index in [2.05, 4.69) is 0 Å². The lowest BCUT2D eigenvalue weighted by Crippen LogP contribution is -2.50. The second-order valence-corrected chi connectivity index (χ2v) is 8.46. The molecule has 0 saturated carbocycles. The van der Waals surface area contributed by atoms with E-state index in [1.165, 1.54) is 12.0 Å². The first kappa shape index (κ1) is 18.7.